The summed E-state index contributed by atoms with van der Waals surface area (Å²) in [5.41, 5.74) is 0.605. The van der Waals surface area contributed by atoms with Gasteiger partial charge in [0.15, 0.2) is 0 Å². The Morgan fingerprint density at radius 2 is 2.11 bits per heavy atom. The van der Waals surface area contributed by atoms with Gasteiger partial charge < -0.3 is 4.42 Å². The molecule has 12 heteroatoms. The lowest BCUT2D eigenvalue weighted by molar-refractivity contribution is 0.116. The van der Waals surface area contributed by atoms with Crippen LogP contribution < -0.4 is 4.31 Å². The summed E-state index contributed by atoms with van der Waals surface area (Å²) in [6.45, 7) is 1.49. The van der Waals surface area contributed by atoms with Crippen molar-refractivity contribution in [3.05, 3.63) is 45.6 Å². The Morgan fingerprint density at radius 1 is 1.33 bits per heavy atom. The second-order valence-electron chi connectivity index (χ2n) is 5.26. The molecule has 0 bridgehead atoms. The molecule has 0 unspecified atom stereocenters. The molecule has 1 aromatic carbocycles. The van der Waals surface area contributed by atoms with Crippen LogP contribution in [-0.2, 0) is 16.6 Å². The van der Waals surface area contributed by atoms with Crippen LogP contribution in [0.2, 0.25) is 5.02 Å². The van der Waals surface area contributed by atoms with Gasteiger partial charge in [0.25, 0.3) is 11.8 Å². The predicted octanol–water partition coefficient (Wildman–Crippen LogP) is 4.14. The number of halogens is 3. The van der Waals surface area contributed by atoms with E-state index >= 15 is 0 Å². The van der Waals surface area contributed by atoms with Crippen molar-refractivity contribution in [1.29, 1.82) is 0 Å². The van der Waals surface area contributed by atoms with Gasteiger partial charge in [0.2, 0.25) is 10.0 Å². The minimum Gasteiger partial charge on any atom is -0.414 e. The number of hydrogen-bond donors (Lipinski definition) is 0. The Hall–Kier alpha value is -2.11. The van der Waals surface area contributed by atoms with Crippen molar-refractivity contribution in [2.24, 2.45) is 0 Å². The SMILES string of the molecule is CCS(=O)(=O)N(Cc1nc(-c2nnc(C(F)F)o2)cs1)c1cccc(Cl)c1. The zero-order chi connectivity index (χ0) is 19.6. The molecule has 27 heavy (non-hydrogen) atoms. The van der Waals surface area contributed by atoms with Gasteiger partial charge in [-0.3, -0.25) is 4.31 Å². The largest absolute Gasteiger partial charge is 0.414 e. The molecule has 0 saturated carbocycles. The molecule has 0 aliphatic carbocycles. The van der Waals surface area contributed by atoms with Crippen LogP contribution in [0.1, 0.15) is 24.2 Å². The van der Waals surface area contributed by atoms with Crippen LogP contribution in [-0.4, -0.2) is 29.4 Å². The molecule has 0 atom stereocenters. The molecule has 0 spiro atoms. The van der Waals surface area contributed by atoms with Crippen molar-refractivity contribution in [3.63, 3.8) is 0 Å². The number of aromatic nitrogens is 3. The van der Waals surface area contributed by atoms with Crippen molar-refractivity contribution in [2.45, 2.75) is 19.9 Å². The third-order valence-corrected chi connectivity index (χ3v) is 6.28. The van der Waals surface area contributed by atoms with Crippen molar-refractivity contribution < 1.29 is 21.6 Å². The number of alkyl halides is 2. The molecule has 0 N–H and O–H groups in total. The van der Waals surface area contributed by atoms with E-state index in [1.54, 1.807) is 18.2 Å². The monoisotopic (exact) mass is 434 g/mol. The first kappa shape index (κ1) is 19.6. The lowest BCUT2D eigenvalue weighted by atomic mass is 10.3. The summed E-state index contributed by atoms with van der Waals surface area (Å²) in [5, 5.41) is 9.14. The molecule has 0 aliphatic rings. The molecule has 144 valence electrons. The van der Waals surface area contributed by atoms with Crippen LogP contribution in [0.4, 0.5) is 14.5 Å². The molecule has 2 aromatic heterocycles. The quantitative estimate of drug-likeness (QED) is 0.555. The van der Waals surface area contributed by atoms with Gasteiger partial charge in [-0.05, 0) is 25.1 Å². The highest BCUT2D eigenvalue weighted by molar-refractivity contribution is 7.92. The first-order chi connectivity index (χ1) is 12.8. The maximum absolute atomic E-state index is 12.6. The van der Waals surface area contributed by atoms with E-state index in [1.165, 1.54) is 22.7 Å². The number of sulfonamides is 1. The average molecular weight is 435 g/mol. The smallest absolute Gasteiger partial charge is 0.314 e. The summed E-state index contributed by atoms with van der Waals surface area (Å²) >= 11 is 7.12. The zero-order valence-electron chi connectivity index (χ0n) is 13.8. The van der Waals surface area contributed by atoms with Gasteiger partial charge in [-0.1, -0.05) is 17.7 Å². The highest BCUT2D eigenvalue weighted by Gasteiger charge is 2.24. The molecule has 0 amide bonds. The molecule has 0 fully saturated rings. The summed E-state index contributed by atoms with van der Waals surface area (Å²) in [7, 11) is -3.60. The number of nitrogens with zero attached hydrogens (tertiary/aromatic N) is 4. The molecular formula is C15H13ClF2N4O3S2. The van der Waals surface area contributed by atoms with E-state index in [1.807, 2.05) is 0 Å². The van der Waals surface area contributed by atoms with E-state index in [0.717, 1.165) is 11.3 Å². The maximum Gasteiger partial charge on any atom is 0.314 e. The van der Waals surface area contributed by atoms with Crippen molar-refractivity contribution in [1.82, 2.24) is 15.2 Å². The predicted molar refractivity (Wildman–Crippen MR) is 97.5 cm³/mol. The molecule has 7 nitrogen and oxygen atoms in total. The van der Waals surface area contributed by atoms with Crippen LogP contribution in [0.25, 0.3) is 11.6 Å². The lowest BCUT2D eigenvalue weighted by Gasteiger charge is -2.23. The third-order valence-electron chi connectivity index (χ3n) is 3.47. The van der Waals surface area contributed by atoms with Crippen LogP contribution in [0.3, 0.4) is 0 Å². The maximum atomic E-state index is 12.6. The standard InChI is InChI=1S/C15H13ClF2N4O3S2/c1-2-27(23,24)22(10-5-3-4-9(16)6-10)7-12-19-11(8-26-12)14-20-21-15(25-14)13(17)18/h3-6,8,13H,2,7H2,1H3. The van der Waals surface area contributed by atoms with E-state index in [2.05, 4.69) is 15.2 Å². The minimum atomic E-state index is -3.60. The van der Waals surface area contributed by atoms with E-state index in [4.69, 9.17) is 16.0 Å². The van der Waals surface area contributed by atoms with Gasteiger partial charge in [-0.25, -0.2) is 13.4 Å². The highest BCUT2D eigenvalue weighted by atomic mass is 35.5. The number of hydrogen-bond acceptors (Lipinski definition) is 7. The van der Waals surface area contributed by atoms with Crippen LogP contribution in [0.15, 0.2) is 34.1 Å². The molecule has 3 aromatic rings. The van der Waals surface area contributed by atoms with Gasteiger partial charge in [0.05, 0.1) is 18.0 Å². The molecule has 3 rings (SSSR count). The summed E-state index contributed by atoms with van der Waals surface area (Å²) < 4.78 is 56.2. The highest BCUT2D eigenvalue weighted by Crippen LogP contribution is 2.28. The van der Waals surface area contributed by atoms with E-state index < -0.39 is 22.3 Å². The van der Waals surface area contributed by atoms with Crippen LogP contribution in [0.5, 0.6) is 0 Å². The summed E-state index contributed by atoms with van der Waals surface area (Å²) in [6, 6.07) is 6.45. The molecule has 0 radical (unpaired) electrons. The Kier molecular flexibility index (Phi) is 5.72. The van der Waals surface area contributed by atoms with Crippen LogP contribution in [0, 0.1) is 0 Å². The molecule has 0 saturated heterocycles. The number of rotatable bonds is 7. The van der Waals surface area contributed by atoms with E-state index in [9.17, 15) is 17.2 Å². The fourth-order valence-corrected chi connectivity index (χ4v) is 4.26. The van der Waals surface area contributed by atoms with Gasteiger partial charge in [0, 0.05) is 10.4 Å². The number of benzene rings is 1. The summed E-state index contributed by atoms with van der Waals surface area (Å²) in [6.07, 6.45) is -2.88. The normalized spacial score (nSPS) is 11.9. The third kappa shape index (κ3) is 4.42. The van der Waals surface area contributed by atoms with Gasteiger partial charge in [-0.15, -0.1) is 21.5 Å². The zero-order valence-corrected chi connectivity index (χ0v) is 16.2. The van der Waals surface area contributed by atoms with Gasteiger partial charge in [-0.2, -0.15) is 8.78 Å². The topological polar surface area (TPSA) is 89.2 Å². The summed E-state index contributed by atoms with van der Waals surface area (Å²) in [4.78, 5) is 4.23. The van der Waals surface area contributed by atoms with E-state index in [-0.39, 0.29) is 23.9 Å². The Labute approximate surface area is 162 Å². The van der Waals surface area contributed by atoms with Crippen molar-refractivity contribution in [2.75, 3.05) is 10.1 Å². The Morgan fingerprint density at radius 3 is 2.74 bits per heavy atom. The Bertz CT molecular complexity index is 1040. The van der Waals surface area contributed by atoms with Gasteiger partial charge >= 0.3 is 6.43 Å². The fraction of sp³-hybridized carbons (Fsp3) is 0.267. The van der Waals surface area contributed by atoms with Gasteiger partial charge in [0.1, 0.15) is 10.7 Å². The summed E-state index contributed by atoms with van der Waals surface area (Å²) in [5.74, 6) is -1.06. The van der Waals surface area contributed by atoms with E-state index in [0.29, 0.717) is 15.7 Å². The number of anilines is 1. The molecule has 0 aliphatic heterocycles. The van der Waals surface area contributed by atoms with Crippen molar-refractivity contribution >= 4 is 38.6 Å². The first-order valence-corrected chi connectivity index (χ1v) is 10.5. The molecule has 2 heterocycles. The minimum absolute atomic E-state index is 0.0446. The second kappa shape index (κ2) is 7.87. The second-order valence-corrected chi connectivity index (χ2v) is 8.82. The first-order valence-electron chi connectivity index (χ1n) is 7.62. The lowest BCUT2D eigenvalue weighted by Crippen LogP contribution is -2.31. The number of thiazole rings is 1. The fourth-order valence-electron chi connectivity index (χ4n) is 2.17. The van der Waals surface area contributed by atoms with Crippen LogP contribution >= 0.6 is 22.9 Å². The Balaban J connectivity index is 1.89. The molecular weight excluding hydrogens is 422 g/mol. The van der Waals surface area contributed by atoms with Crippen molar-refractivity contribution in [3.8, 4) is 11.6 Å². The average Bonchev–Trinajstić information content (AvgIpc) is 3.28.